The molecule has 0 radical (unpaired) electrons. The molecule has 0 spiro atoms. The maximum atomic E-state index is 12.8. The topological polar surface area (TPSA) is 34.0 Å². The monoisotopic (exact) mass is 320 g/mol. The number of hydrogen-bond acceptors (Lipinski definition) is 3. The van der Waals surface area contributed by atoms with Crippen molar-refractivity contribution in [1.29, 1.82) is 0 Å². The molecule has 0 aliphatic heterocycles. The fourth-order valence-corrected chi connectivity index (χ4v) is 2.49. The van der Waals surface area contributed by atoms with Gasteiger partial charge < -0.3 is 9.47 Å². The number of aryl methyl sites for hydroxylation is 1. The molecule has 3 aromatic rings. The summed E-state index contributed by atoms with van der Waals surface area (Å²) in [5, 5.41) is 0.678. The van der Waals surface area contributed by atoms with Crippen LogP contribution in [0.5, 0.6) is 0 Å². The van der Waals surface area contributed by atoms with Gasteiger partial charge in [-0.3, -0.25) is 4.98 Å². The van der Waals surface area contributed by atoms with Gasteiger partial charge in [0, 0.05) is 43.8 Å². The number of hydrogen-bond donors (Lipinski definition) is 0. The zero-order valence-electron chi connectivity index (χ0n) is 12.7. The van der Waals surface area contributed by atoms with Crippen molar-refractivity contribution < 1.29 is 13.2 Å². The molecule has 0 atom stereocenters. The van der Waals surface area contributed by atoms with Crippen molar-refractivity contribution in [3.8, 4) is 0 Å². The number of halogens is 3. The Kier molecular flexibility index (Phi) is 3.71. The number of anilines is 1. The number of imidazole rings is 1. The van der Waals surface area contributed by atoms with E-state index in [-0.39, 0.29) is 0 Å². The number of benzene rings is 1. The molecule has 0 amide bonds. The van der Waals surface area contributed by atoms with Gasteiger partial charge in [0.25, 0.3) is 0 Å². The highest BCUT2D eigenvalue weighted by Crippen LogP contribution is 2.33. The molecule has 3 rings (SSSR count). The van der Waals surface area contributed by atoms with Gasteiger partial charge in [-0.2, -0.15) is 13.2 Å². The number of pyridine rings is 1. The molecule has 0 saturated heterocycles. The fourth-order valence-electron chi connectivity index (χ4n) is 2.49. The summed E-state index contributed by atoms with van der Waals surface area (Å²) in [5.41, 5.74) is 0.442. The van der Waals surface area contributed by atoms with Crippen LogP contribution in [0.25, 0.3) is 10.9 Å². The van der Waals surface area contributed by atoms with E-state index in [1.165, 1.54) is 12.3 Å². The minimum atomic E-state index is -4.37. The van der Waals surface area contributed by atoms with Crippen LogP contribution in [0.4, 0.5) is 18.9 Å². The number of alkyl halides is 3. The highest BCUT2D eigenvalue weighted by molar-refractivity contribution is 5.91. The summed E-state index contributed by atoms with van der Waals surface area (Å²) in [6.45, 7) is 0.545. The third-order valence-corrected chi connectivity index (χ3v) is 3.76. The molecule has 0 unspecified atom stereocenters. The largest absolute Gasteiger partial charge is 0.416 e. The zero-order valence-corrected chi connectivity index (χ0v) is 12.7. The predicted octanol–water partition coefficient (Wildman–Crippen LogP) is 3.62. The standard InChI is InChI=1S/C16H15F3N4/c1-22-8-7-21-15(22)10-23(2)14-5-6-20-13-9-11(16(17,18)19)3-4-12(13)14/h3-9H,10H2,1-2H3. The maximum Gasteiger partial charge on any atom is 0.416 e. The van der Waals surface area contributed by atoms with Gasteiger partial charge in [0.15, 0.2) is 0 Å². The Balaban J connectivity index is 1.99. The lowest BCUT2D eigenvalue weighted by atomic mass is 10.1. The molecule has 0 aliphatic rings. The Bertz CT molecular complexity index is 839. The zero-order chi connectivity index (χ0) is 16.6. The van der Waals surface area contributed by atoms with Crippen molar-refractivity contribution in [1.82, 2.24) is 14.5 Å². The van der Waals surface area contributed by atoms with Crippen molar-refractivity contribution >= 4 is 16.6 Å². The van der Waals surface area contributed by atoms with Gasteiger partial charge in [-0.15, -0.1) is 0 Å². The number of rotatable bonds is 3. The van der Waals surface area contributed by atoms with E-state index < -0.39 is 11.7 Å². The first-order valence-electron chi connectivity index (χ1n) is 6.99. The summed E-state index contributed by atoms with van der Waals surface area (Å²) >= 11 is 0. The molecule has 0 aliphatic carbocycles. The van der Waals surface area contributed by atoms with Crippen molar-refractivity contribution in [2.24, 2.45) is 7.05 Å². The summed E-state index contributed by atoms with van der Waals surface area (Å²) in [5.74, 6) is 0.865. The number of fused-ring (bicyclic) bond motifs is 1. The molecule has 7 heteroatoms. The van der Waals surface area contributed by atoms with Crippen molar-refractivity contribution in [3.05, 3.63) is 54.2 Å². The normalized spacial score (nSPS) is 11.9. The molecule has 0 bridgehead atoms. The molecule has 120 valence electrons. The molecule has 4 nitrogen and oxygen atoms in total. The Morgan fingerprint density at radius 3 is 2.57 bits per heavy atom. The summed E-state index contributed by atoms with van der Waals surface area (Å²) in [6.07, 6.45) is 0.713. The molecule has 23 heavy (non-hydrogen) atoms. The van der Waals surface area contributed by atoms with Gasteiger partial charge in [0.1, 0.15) is 5.82 Å². The van der Waals surface area contributed by atoms with E-state index in [9.17, 15) is 13.2 Å². The SMILES string of the molecule is CN(Cc1nccn1C)c1ccnc2cc(C(F)(F)F)ccc12. The van der Waals surface area contributed by atoms with E-state index in [4.69, 9.17) is 0 Å². The Morgan fingerprint density at radius 2 is 1.91 bits per heavy atom. The average molecular weight is 320 g/mol. The third-order valence-electron chi connectivity index (χ3n) is 3.76. The molecule has 1 aromatic carbocycles. The molecule has 2 aromatic heterocycles. The Morgan fingerprint density at radius 1 is 1.13 bits per heavy atom. The molecular formula is C16H15F3N4. The first kappa shape index (κ1) is 15.3. The molecule has 0 fully saturated rings. The van der Waals surface area contributed by atoms with Crippen LogP contribution < -0.4 is 4.90 Å². The van der Waals surface area contributed by atoms with E-state index >= 15 is 0 Å². The smallest absolute Gasteiger partial charge is 0.367 e. The average Bonchev–Trinajstić information content (AvgIpc) is 2.90. The third kappa shape index (κ3) is 2.99. The summed E-state index contributed by atoms with van der Waals surface area (Å²) in [6, 6.07) is 5.42. The lowest BCUT2D eigenvalue weighted by Crippen LogP contribution is -2.19. The van der Waals surface area contributed by atoms with Crippen molar-refractivity contribution in [2.75, 3.05) is 11.9 Å². The van der Waals surface area contributed by atoms with E-state index in [1.807, 2.05) is 29.8 Å². The second-order valence-electron chi connectivity index (χ2n) is 5.37. The fraction of sp³-hybridized carbons (Fsp3) is 0.250. The Hall–Kier alpha value is -2.57. The first-order valence-corrected chi connectivity index (χ1v) is 6.99. The number of nitrogens with zero attached hydrogens (tertiary/aromatic N) is 4. The predicted molar refractivity (Wildman–Crippen MR) is 82.1 cm³/mol. The van der Waals surface area contributed by atoms with Gasteiger partial charge in [0.2, 0.25) is 0 Å². The van der Waals surface area contributed by atoms with Crippen LogP contribution in [0.2, 0.25) is 0 Å². The van der Waals surface area contributed by atoms with Crippen LogP contribution >= 0.6 is 0 Å². The maximum absolute atomic E-state index is 12.8. The second-order valence-corrected chi connectivity index (χ2v) is 5.37. The second kappa shape index (κ2) is 5.57. The van der Waals surface area contributed by atoms with E-state index in [0.717, 1.165) is 23.6 Å². The Labute approximate surface area is 131 Å². The first-order chi connectivity index (χ1) is 10.9. The lowest BCUT2D eigenvalue weighted by Gasteiger charge is -2.21. The summed E-state index contributed by atoms with van der Waals surface area (Å²) in [4.78, 5) is 10.3. The van der Waals surface area contributed by atoms with Crippen molar-refractivity contribution in [3.63, 3.8) is 0 Å². The van der Waals surface area contributed by atoms with Crippen LogP contribution in [0.3, 0.4) is 0 Å². The highest BCUT2D eigenvalue weighted by Gasteiger charge is 2.30. The van der Waals surface area contributed by atoms with E-state index in [0.29, 0.717) is 17.4 Å². The minimum absolute atomic E-state index is 0.323. The van der Waals surface area contributed by atoms with Crippen LogP contribution in [0, 0.1) is 0 Å². The van der Waals surface area contributed by atoms with Crippen LogP contribution in [-0.4, -0.2) is 21.6 Å². The van der Waals surface area contributed by atoms with Gasteiger partial charge in [0.05, 0.1) is 17.6 Å². The molecule has 0 N–H and O–H groups in total. The van der Waals surface area contributed by atoms with E-state index in [1.54, 1.807) is 12.3 Å². The molecule has 0 saturated carbocycles. The summed E-state index contributed by atoms with van der Waals surface area (Å²) in [7, 11) is 3.78. The van der Waals surface area contributed by atoms with Gasteiger partial charge in [-0.1, -0.05) is 6.07 Å². The van der Waals surface area contributed by atoms with Crippen molar-refractivity contribution in [2.45, 2.75) is 12.7 Å². The van der Waals surface area contributed by atoms with Gasteiger partial charge in [-0.25, -0.2) is 4.98 Å². The summed E-state index contributed by atoms with van der Waals surface area (Å²) < 4.78 is 40.4. The van der Waals surface area contributed by atoms with Crippen LogP contribution in [0.1, 0.15) is 11.4 Å². The van der Waals surface area contributed by atoms with Crippen LogP contribution in [0.15, 0.2) is 42.9 Å². The van der Waals surface area contributed by atoms with Crippen LogP contribution in [-0.2, 0) is 19.8 Å². The lowest BCUT2D eigenvalue weighted by molar-refractivity contribution is -0.137. The molecule has 2 heterocycles. The van der Waals surface area contributed by atoms with E-state index in [2.05, 4.69) is 9.97 Å². The van der Waals surface area contributed by atoms with Gasteiger partial charge in [-0.05, 0) is 18.2 Å². The van der Waals surface area contributed by atoms with Gasteiger partial charge >= 0.3 is 6.18 Å². The quantitative estimate of drug-likeness (QED) is 0.739. The highest BCUT2D eigenvalue weighted by atomic mass is 19.4. The minimum Gasteiger partial charge on any atom is -0.367 e. The number of aromatic nitrogens is 3. The molecular weight excluding hydrogens is 305 g/mol.